The molecule has 2 aliphatic heterocycles. The Kier molecular flexibility index (Phi) is 6.46. The van der Waals surface area contributed by atoms with Crippen molar-refractivity contribution < 1.29 is 17.9 Å². The minimum Gasteiger partial charge on any atom is -0.378 e. The van der Waals surface area contributed by atoms with Crippen LogP contribution in [-0.2, 0) is 19.6 Å². The Balaban J connectivity index is 1.58. The number of nitrogens with one attached hydrogen (secondary N) is 1. The second-order valence-electron chi connectivity index (χ2n) is 6.75. The van der Waals surface area contributed by atoms with Gasteiger partial charge in [0.25, 0.3) is 0 Å². The van der Waals surface area contributed by atoms with Crippen LogP contribution in [0.5, 0.6) is 0 Å². The third kappa shape index (κ3) is 4.85. The first kappa shape index (κ1) is 19.8. The lowest BCUT2D eigenvalue weighted by molar-refractivity contribution is -0.116. The van der Waals surface area contributed by atoms with Crippen LogP contribution in [0.3, 0.4) is 0 Å². The second-order valence-corrected chi connectivity index (χ2v) is 8.69. The molecule has 0 atom stereocenters. The minimum atomic E-state index is -3.54. The highest BCUT2D eigenvalue weighted by Crippen LogP contribution is 2.24. The van der Waals surface area contributed by atoms with Crippen molar-refractivity contribution in [2.45, 2.75) is 17.7 Å². The van der Waals surface area contributed by atoms with E-state index in [-0.39, 0.29) is 16.7 Å². The Labute approximate surface area is 160 Å². The maximum Gasteiger partial charge on any atom is 0.244 e. The monoisotopic (exact) mass is 394 g/mol. The molecule has 9 heteroatoms. The summed E-state index contributed by atoms with van der Waals surface area (Å²) in [6, 6.07) is 3.39. The maximum atomic E-state index is 12.9. The molecule has 148 valence electrons. The number of carbonyl (C=O) groups excluding carboxylic acids is 1. The number of hydrogen-bond acceptors (Lipinski definition) is 6. The summed E-state index contributed by atoms with van der Waals surface area (Å²) in [7, 11) is -3.54. The fourth-order valence-corrected chi connectivity index (χ4v) is 4.74. The lowest BCUT2D eigenvalue weighted by Gasteiger charge is -2.31. The molecule has 1 amide bonds. The average Bonchev–Trinajstić information content (AvgIpc) is 2.73. The zero-order chi connectivity index (χ0) is 19.3. The first-order valence-corrected chi connectivity index (χ1v) is 10.6. The van der Waals surface area contributed by atoms with Crippen molar-refractivity contribution in [3.05, 3.63) is 31.0 Å². The molecule has 8 nitrogen and oxygen atoms in total. The number of anilines is 1. The SMILES string of the molecule is C=CC(=O)NCC1CCN(S(=O)(=O)c2ccc(N3CCOCC3)nc2)CC1. The van der Waals surface area contributed by atoms with Crippen LogP contribution in [0.4, 0.5) is 5.82 Å². The Morgan fingerprint density at radius 1 is 1.26 bits per heavy atom. The van der Waals surface area contributed by atoms with Gasteiger partial charge in [0.15, 0.2) is 0 Å². The summed E-state index contributed by atoms with van der Waals surface area (Å²) < 4.78 is 32.6. The molecule has 27 heavy (non-hydrogen) atoms. The van der Waals surface area contributed by atoms with Crippen LogP contribution in [0.25, 0.3) is 0 Å². The molecule has 0 unspecified atom stereocenters. The number of ether oxygens (including phenoxy) is 1. The van der Waals surface area contributed by atoms with Crippen LogP contribution < -0.4 is 10.2 Å². The molecule has 2 saturated heterocycles. The van der Waals surface area contributed by atoms with Crippen molar-refractivity contribution in [3.63, 3.8) is 0 Å². The largest absolute Gasteiger partial charge is 0.378 e. The van der Waals surface area contributed by atoms with E-state index in [1.807, 2.05) is 0 Å². The van der Waals surface area contributed by atoms with E-state index in [0.717, 1.165) is 31.7 Å². The van der Waals surface area contributed by atoms with E-state index in [0.29, 0.717) is 32.8 Å². The zero-order valence-corrected chi connectivity index (χ0v) is 16.2. The van der Waals surface area contributed by atoms with Crippen LogP contribution in [0.15, 0.2) is 35.9 Å². The molecule has 2 fully saturated rings. The third-order valence-electron chi connectivity index (χ3n) is 5.02. The van der Waals surface area contributed by atoms with Gasteiger partial charge in [0, 0.05) is 38.9 Å². The third-order valence-corrected chi connectivity index (χ3v) is 6.90. The van der Waals surface area contributed by atoms with Crippen molar-refractivity contribution in [2.75, 3.05) is 50.8 Å². The fourth-order valence-electron chi connectivity index (χ4n) is 3.32. The molecular weight excluding hydrogens is 368 g/mol. The molecule has 0 aromatic carbocycles. The highest BCUT2D eigenvalue weighted by Gasteiger charge is 2.29. The highest BCUT2D eigenvalue weighted by molar-refractivity contribution is 7.89. The van der Waals surface area contributed by atoms with Gasteiger partial charge < -0.3 is 15.0 Å². The topological polar surface area (TPSA) is 91.8 Å². The Bertz CT molecular complexity index is 752. The second kappa shape index (κ2) is 8.81. The van der Waals surface area contributed by atoms with Crippen LogP contribution in [0.2, 0.25) is 0 Å². The number of morpholine rings is 1. The predicted octanol–water partition coefficient (Wildman–Crippen LogP) is 0.621. The summed E-state index contributed by atoms with van der Waals surface area (Å²) in [5.41, 5.74) is 0. The predicted molar refractivity (Wildman–Crippen MR) is 102 cm³/mol. The molecular formula is C18H26N4O4S. The zero-order valence-electron chi connectivity index (χ0n) is 15.3. The average molecular weight is 394 g/mol. The van der Waals surface area contributed by atoms with Gasteiger partial charge in [-0.2, -0.15) is 4.31 Å². The number of carbonyl (C=O) groups is 1. The number of nitrogens with zero attached hydrogens (tertiary/aromatic N) is 3. The molecule has 3 heterocycles. The summed E-state index contributed by atoms with van der Waals surface area (Å²) in [5.74, 6) is 0.854. The van der Waals surface area contributed by atoms with E-state index in [4.69, 9.17) is 4.74 Å². The molecule has 1 N–H and O–H groups in total. The molecule has 2 aliphatic rings. The smallest absolute Gasteiger partial charge is 0.244 e. The first-order valence-electron chi connectivity index (χ1n) is 9.20. The number of sulfonamides is 1. The van der Waals surface area contributed by atoms with Gasteiger partial charge in [0.2, 0.25) is 15.9 Å². The number of aromatic nitrogens is 1. The van der Waals surface area contributed by atoms with Gasteiger partial charge in [-0.1, -0.05) is 6.58 Å². The van der Waals surface area contributed by atoms with Gasteiger partial charge in [-0.05, 0) is 37.0 Å². The molecule has 0 aliphatic carbocycles. The Morgan fingerprint density at radius 2 is 1.96 bits per heavy atom. The number of hydrogen-bond donors (Lipinski definition) is 1. The van der Waals surface area contributed by atoms with Crippen LogP contribution in [0.1, 0.15) is 12.8 Å². The molecule has 1 aromatic heterocycles. The standard InChI is InChI=1S/C18H26N4O4S/c1-2-18(23)20-13-15-5-7-22(8-6-15)27(24,25)16-3-4-17(19-14-16)21-9-11-26-12-10-21/h2-4,14-15H,1,5-13H2,(H,20,23). The van der Waals surface area contributed by atoms with E-state index in [1.165, 1.54) is 16.6 Å². The number of rotatable bonds is 6. The summed E-state index contributed by atoms with van der Waals surface area (Å²) in [5, 5.41) is 2.78. The van der Waals surface area contributed by atoms with Crippen LogP contribution in [0, 0.1) is 5.92 Å². The molecule has 3 rings (SSSR count). The van der Waals surface area contributed by atoms with Crippen molar-refractivity contribution in [1.29, 1.82) is 0 Å². The number of piperidine rings is 1. The first-order chi connectivity index (χ1) is 13.0. The Hall–Kier alpha value is -1.97. The Morgan fingerprint density at radius 3 is 2.56 bits per heavy atom. The van der Waals surface area contributed by atoms with Gasteiger partial charge in [-0.25, -0.2) is 13.4 Å². The van der Waals surface area contributed by atoms with Gasteiger partial charge in [0.1, 0.15) is 10.7 Å². The molecule has 0 radical (unpaired) electrons. The molecule has 0 saturated carbocycles. The summed E-state index contributed by atoms with van der Waals surface area (Å²) in [6.45, 7) is 7.70. The quantitative estimate of drug-likeness (QED) is 0.712. The van der Waals surface area contributed by atoms with Crippen LogP contribution in [-0.4, -0.2) is 69.6 Å². The normalized spacial score (nSPS) is 19.6. The lowest BCUT2D eigenvalue weighted by atomic mass is 9.98. The van der Waals surface area contributed by atoms with Gasteiger partial charge in [-0.15, -0.1) is 0 Å². The summed E-state index contributed by atoms with van der Waals surface area (Å²) in [4.78, 5) is 17.9. The molecule has 1 aromatic rings. The molecule has 0 bridgehead atoms. The van der Waals surface area contributed by atoms with Crippen molar-refractivity contribution in [2.24, 2.45) is 5.92 Å². The summed E-state index contributed by atoms with van der Waals surface area (Å²) in [6.07, 6.45) is 4.12. The summed E-state index contributed by atoms with van der Waals surface area (Å²) >= 11 is 0. The van der Waals surface area contributed by atoms with E-state index >= 15 is 0 Å². The number of pyridine rings is 1. The van der Waals surface area contributed by atoms with Gasteiger partial charge >= 0.3 is 0 Å². The van der Waals surface area contributed by atoms with E-state index in [1.54, 1.807) is 12.1 Å². The van der Waals surface area contributed by atoms with E-state index in [2.05, 4.69) is 21.8 Å². The minimum absolute atomic E-state index is 0.198. The lowest BCUT2D eigenvalue weighted by Crippen LogP contribution is -2.41. The van der Waals surface area contributed by atoms with E-state index < -0.39 is 10.0 Å². The van der Waals surface area contributed by atoms with Gasteiger partial charge in [0.05, 0.1) is 13.2 Å². The maximum absolute atomic E-state index is 12.9. The molecule has 0 spiro atoms. The van der Waals surface area contributed by atoms with Crippen molar-refractivity contribution in [3.8, 4) is 0 Å². The van der Waals surface area contributed by atoms with Crippen molar-refractivity contribution in [1.82, 2.24) is 14.6 Å². The van der Waals surface area contributed by atoms with E-state index in [9.17, 15) is 13.2 Å². The van der Waals surface area contributed by atoms with Crippen LogP contribution >= 0.6 is 0 Å². The number of amides is 1. The highest BCUT2D eigenvalue weighted by atomic mass is 32.2. The fraction of sp³-hybridized carbons (Fsp3) is 0.556. The van der Waals surface area contributed by atoms with Gasteiger partial charge in [-0.3, -0.25) is 4.79 Å². The van der Waals surface area contributed by atoms with Crippen molar-refractivity contribution >= 4 is 21.7 Å².